The third-order valence-electron chi connectivity index (χ3n) is 4.99. The van der Waals surface area contributed by atoms with E-state index in [4.69, 9.17) is 0 Å². The number of ketones is 1. The lowest BCUT2D eigenvalue weighted by atomic mass is 10.0. The van der Waals surface area contributed by atoms with Crippen LogP contribution in [0.1, 0.15) is 24.2 Å². The van der Waals surface area contributed by atoms with E-state index >= 15 is 0 Å². The predicted octanol–water partition coefficient (Wildman–Crippen LogP) is 3.49. The summed E-state index contributed by atoms with van der Waals surface area (Å²) in [6.07, 6.45) is 0. The minimum atomic E-state index is -0.0571. The summed E-state index contributed by atoms with van der Waals surface area (Å²) in [7, 11) is 1.99. The van der Waals surface area contributed by atoms with E-state index in [9.17, 15) is 9.59 Å². The molecule has 5 nitrogen and oxygen atoms in total. The minimum Gasteiger partial charge on any atom is -0.355 e. The molecule has 0 fully saturated rings. The lowest BCUT2D eigenvalue weighted by molar-refractivity contribution is -0.121. The summed E-state index contributed by atoms with van der Waals surface area (Å²) >= 11 is 0. The van der Waals surface area contributed by atoms with Crippen molar-refractivity contribution in [1.29, 1.82) is 0 Å². The highest BCUT2D eigenvalue weighted by Crippen LogP contribution is 2.33. The van der Waals surface area contributed by atoms with E-state index in [-0.39, 0.29) is 24.8 Å². The van der Waals surface area contributed by atoms with Crippen LogP contribution in [0.4, 0.5) is 0 Å². The molecule has 2 aromatic carbocycles. The number of rotatable bonds is 8. The molecule has 1 N–H and O–H groups in total. The Morgan fingerprint density at radius 2 is 1.64 bits per heavy atom. The maximum absolute atomic E-state index is 13.4. The van der Waals surface area contributed by atoms with Gasteiger partial charge < -0.3 is 9.88 Å². The SMILES string of the molecule is CCNC(=O)CN(CC)CC(=O)c1c(-c2ccccc2)n(C)c2ccccc12. The van der Waals surface area contributed by atoms with Gasteiger partial charge >= 0.3 is 0 Å². The molecule has 28 heavy (non-hydrogen) atoms. The normalized spacial score (nSPS) is 11.1. The van der Waals surface area contributed by atoms with Gasteiger partial charge in [0, 0.05) is 24.5 Å². The zero-order chi connectivity index (χ0) is 20.1. The average Bonchev–Trinajstić information content (AvgIpc) is 3.01. The van der Waals surface area contributed by atoms with Crippen molar-refractivity contribution in [1.82, 2.24) is 14.8 Å². The molecule has 0 atom stereocenters. The van der Waals surface area contributed by atoms with Gasteiger partial charge in [0.15, 0.2) is 5.78 Å². The highest BCUT2D eigenvalue weighted by atomic mass is 16.2. The van der Waals surface area contributed by atoms with Crippen LogP contribution in [-0.2, 0) is 11.8 Å². The second-order valence-electron chi connectivity index (χ2n) is 6.85. The quantitative estimate of drug-likeness (QED) is 0.612. The van der Waals surface area contributed by atoms with E-state index in [0.29, 0.717) is 13.1 Å². The summed E-state index contributed by atoms with van der Waals surface area (Å²) in [6.45, 7) is 5.51. The molecule has 3 rings (SSSR count). The Kier molecular flexibility index (Phi) is 6.26. The number of hydrogen-bond donors (Lipinski definition) is 1. The third-order valence-corrected chi connectivity index (χ3v) is 4.99. The number of amides is 1. The zero-order valence-corrected chi connectivity index (χ0v) is 16.7. The minimum absolute atomic E-state index is 0.0294. The van der Waals surface area contributed by atoms with Crippen molar-refractivity contribution < 1.29 is 9.59 Å². The van der Waals surface area contributed by atoms with Gasteiger partial charge in [0.1, 0.15) is 0 Å². The third kappa shape index (κ3) is 3.99. The first-order valence-corrected chi connectivity index (χ1v) is 9.71. The molecule has 1 heterocycles. The van der Waals surface area contributed by atoms with E-state index < -0.39 is 0 Å². The molecule has 1 aromatic heterocycles. The molecule has 5 heteroatoms. The lowest BCUT2D eigenvalue weighted by Crippen LogP contribution is -2.39. The topological polar surface area (TPSA) is 54.3 Å². The number of aromatic nitrogens is 1. The summed E-state index contributed by atoms with van der Waals surface area (Å²) in [5, 5.41) is 3.75. The van der Waals surface area contributed by atoms with E-state index in [1.165, 1.54) is 0 Å². The molecule has 0 aliphatic heterocycles. The fraction of sp³-hybridized carbons (Fsp3) is 0.304. The molecule has 0 bridgehead atoms. The number of Topliss-reactive ketones (excluding diaryl/α,β-unsaturated/α-hetero) is 1. The molecule has 146 valence electrons. The molecule has 1 amide bonds. The first-order valence-electron chi connectivity index (χ1n) is 9.71. The molecule has 0 aliphatic carbocycles. The van der Waals surface area contributed by atoms with Gasteiger partial charge in [-0.15, -0.1) is 0 Å². The largest absolute Gasteiger partial charge is 0.355 e. The summed E-state index contributed by atoms with van der Waals surface area (Å²) in [6, 6.07) is 18.0. The van der Waals surface area contributed by atoms with Gasteiger partial charge in [-0.1, -0.05) is 55.5 Å². The van der Waals surface area contributed by atoms with Crippen molar-refractivity contribution in [3.63, 3.8) is 0 Å². The van der Waals surface area contributed by atoms with Gasteiger partial charge in [-0.3, -0.25) is 14.5 Å². The number of aryl methyl sites for hydroxylation is 1. The van der Waals surface area contributed by atoms with E-state index in [1.54, 1.807) is 0 Å². The molecule has 0 saturated carbocycles. The summed E-state index contributed by atoms with van der Waals surface area (Å²) in [5.41, 5.74) is 3.67. The predicted molar refractivity (Wildman–Crippen MR) is 113 cm³/mol. The number of nitrogens with one attached hydrogen (secondary N) is 1. The lowest BCUT2D eigenvalue weighted by Gasteiger charge is -2.19. The Labute approximate surface area is 166 Å². The van der Waals surface area contributed by atoms with Crippen molar-refractivity contribution in [2.24, 2.45) is 7.05 Å². The summed E-state index contributed by atoms with van der Waals surface area (Å²) in [5.74, 6) is -0.0276. The van der Waals surface area contributed by atoms with E-state index in [2.05, 4.69) is 9.88 Å². The molecule has 0 radical (unpaired) electrons. The van der Waals surface area contributed by atoms with Gasteiger partial charge in [0.25, 0.3) is 0 Å². The molecular weight excluding hydrogens is 350 g/mol. The van der Waals surface area contributed by atoms with E-state index in [1.807, 2.05) is 80.4 Å². The van der Waals surface area contributed by atoms with Gasteiger partial charge in [0.05, 0.1) is 24.3 Å². The monoisotopic (exact) mass is 377 g/mol. The molecule has 3 aromatic rings. The number of nitrogens with zero attached hydrogens (tertiary/aromatic N) is 2. The van der Waals surface area contributed by atoms with E-state index in [0.717, 1.165) is 27.7 Å². The fourth-order valence-electron chi connectivity index (χ4n) is 3.63. The van der Waals surface area contributed by atoms with Crippen molar-refractivity contribution in [2.45, 2.75) is 13.8 Å². The highest BCUT2D eigenvalue weighted by molar-refractivity contribution is 6.14. The van der Waals surface area contributed by atoms with Crippen LogP contribution in [0.2, 0.25) is 0 Å². The van der Waals surface area contributed by atoms with Crippen LogP contribution >= 0.6 is 0 Å². The number of likely N-dealkylation sites (N-methyl/N-ethyl adjacent to an activating group) is 2. The molecule has 0 spiro atoms. The molecule has 0 unspecified atom stereocenters. The van der Waals surface area contributed by atoms with Crippen LogP contribution in [0.3, 0.4) is 0 Å². The second kappa shape index (κ2) is 8.85. The maximum Gasteiger partial charge on any atom is 0.234 e. The van der Waals surface area contributed by atoms with Crippen molar-refractivity contribution >= 4 is 22.6 Å². The Morgan fingerprint density at radius 3 is 2.32 bits per heavy atom. The number of carbonyl (C=O) groups is 2. The Balaban J connectivity index is 2.01. The van der Waals surface area contributed by atoms with Gasteiger partial charge in [0.2, 0.25) is 5.91 Å². The van der Waals surface area contributed by atoms with Crippen molar-refractivity contribution in [3.05, 3.63) is 60.2 Å². The van der Waals surface area contributed by atoms with Crippen LogP contribution < -0.4 is 5.32 Å². The van der Waals surface area contributed by atoms with Gasteiger partial charge in [-0.25, -0.2) is 0 Å². The fourth-order valence-corrected chi connectivity index (χ4v) is 3.63. The first-order chi connectivity index (χ1) is 13.6. The number of para-hydroxylation sites is 1. The number of benzene rings is 2. The van der Waals surface area contributed by atoms with Gasteiger partial charge in [-0.05, 0) is 25.1 Å². The summed E-state index contributed by atoms with van der Waals surface area (Å²) < 4.78 is 2.08. The second-order valence-corrected chi connectivity index (χ2v) is 6.85. The maximum atomic E-state index is 13.4. The first kappa shape index (κ1) is 19.8. The Morgan fingerprint density at radius 1 is 0.964 bits per heavy atom. The smallest absolute Gasteiger partial charge is 0.234 e. The van der Waals surface area contributed by atoms with Crippen molar-refractivity contribution in [2.75, 3.05) is 26.2 Å². The highest BCUT2D eigenvalue weighted by Gasteiger charge is 2.23. The van der Waals surface area contributed by atoms with Crippen molar-refractivity contribution in [3.8, 4) is 11.3 Å². The zero-order valence-electron chi connectivity index (χ0n) is 16.7. The van der Waals surface area contributed by atoms with Crippen LogP contribution in [-0.4, -0.2) is 47.3 Å². The standard InChI is InChI=1S/C23H27N3O2/c1-4-24-21(28)16-26(5-2)15-20(27)22-18-13-9-10-14-19(18)25(3)23(22)17-11-7-6-8-12-17/h6-14H,4-5,15-16H2,1-3H3,(H,24,28). The van der Waals surface area contributed by atoms with Gasteiger partial charge in [-0.2, -0.15) is 0 Å². The number of hydrogen-bond acceptors (Lipinski definition) is 3. The molecule has 0 aliphatic rings. The Bertz CT molecular complexity index is 976. The van der Waals surface area contributed by atoms with Crippen LogP contribution in [0.25, 0.3) is 22.2 Å². The molecular formula is C23H27N3O2. The summed E-state index contributed by atoms with van der Waals surface area (Å²) in [4.78, 5) is 27.2. The van der Waals surface area contributed by atoms with Crippen LogP contribution in [0.5, 0.6) is 0 Å². The molecule has 0 saturated heterocycles. The van der Waals surface area contributed by atoms with Crippen LogP contribution in [0.15, 0.2) is 54.6 Å². The number of carbonyl (C=O) groups excluding carboxylic acids is 2. The number of fused-ring (bicyclic) bond motifs is 1. The average molecular weight is 377 g/mol. The van der Waals surface area contributed by atoms with Crippen LogP contribution in [0, 0.1) is 0 Å². The Hall–Kier alpha value is -2.92.